The first kappa shape index (κ1) is 17.2. The Balaban J connectivity index is 1.60. The molecule has 0 saturated heterocycles. The molecule has 0 aliphatic heterocycles. The molecule has 0 saturated carbocycles. The molecule has 2 aromatic carbocycles. The van der Waals surface area contributed by atoms with Crippen molar-refractivity contribution in [2.24, 2.45) is 0 Å². The van der Waals surface area contributed by atoms with Crippen molar-refractivity contribution in [3.63, 3.8) is 0 Å². The van der Waals surface area contributed by atoms with E-state index in [1.807, 2.05) is 67.6 Å². The van der Waals surface area contributed by atoms with Crippen molar-refractivity contribution in [2.45, 2.75) is 13.5 Å². The first-order valence-electron chi connectivity index (χ1n) is 7.87. The van der Waals surface area contributed by atoms with Crippen LogP contribution in [0.25, 0.3) is 6.08 Å². The summed E-state index contributed by atoms with van der Waals surface area (Å²) in [5, 5.41) is 0. The van der Waals surface area contributed by atoms with E-state index in [1.54, 1.807) is 6.08 Å². The number of allylic oxidation sites excluding steroid dienone is 1. The van der Waals surface area contributed by atoms with E-state index < -0.39 is 0 Å². The van der Waals surface area contributed by atoms with Gasteiger partial charge in [-0.3, -0.25) is 4.79 Å². The minimum absolute atomic E-state index is 0.0533. The van der Waals surface area contributed by atoms with E-state index in [-0.39, 0.29) is 5.78 Å². The number of hydrogen-bond acceptors (Lipinski definition) is 3. The second-order valence-electron chi connectivity index (χ2n) is 5.59. The van der Waals surface area contributed by atoms with Crippen LogP contribution in [0.5, 0.6) is 5.75 Å². The minimum atomic E-state index is -0.0533. The molecule has 0 aliphatic rings. The quantitative estimate of drug-likeness (QED) is 0.388. The molecule has 0 N–H and O–H groups in total. The molecule has 3 nitrogen and oxygen atoms in total. The molecule has 3 rings (SSSR count). The molecule has 0 bridgehead atoms. The Labute approximate surface area is 155 Å². The molecule has 4 heteroatoms. The van der Waals surface area contributed by atoms with Gasteiger partial charge in [0.15, 0.2) is 5.78 Å². The lowest BCUT2D eigenvalue weighted by molar-refractivity contribution is 0.104. The number of halogens is 1. The number of aryl methyl sites for hydroxylation is 1. The van der Waals surface area contributed by atoms with Crippen LogP contribution in [0.15, 0.2) is 75.6 Å². The number of benzene rings is 2. The normalized spacial score (nSPS) is 11.0. The molecule has 0 spiro atoms. The van der Waals surface area contributed by atoms with Gasteiger partial charge < -0.3 is 9.15 Å². The van der Waals surface area contributed by atoms with Gasteiger partial charge in [0.2, 0.25) is 0 Å². The second kappa shape index (κ2) is 7.99. The molecule has 25 heavy (non-hydrogen) atoms. The molecule has 1 aromatic heterocycles. The summed E-state index contributed by atoms with van der Waals surface area (Å²) in [4.78, 5) is 12.1. The van der Waals surface area contributed by atoms with Gasteiger partial charge in [0.05, 0.1) is 4.47 Å². The van der Waals surface area contributed by atoms with Gasteiger partial charge in [0.25, 0.3) is 0 Å². The molecule has 0 amide bonds. The maximum atomic E-state index is 12.1. The Morgan fingerprint density at radius 2 is 1.84 bits per heavy atom. The topological polar surface area (TPSA) is 39.4 Å². The van der Waals surface area contributed by atoms with Crippen LogP contribution in [0.2, 0.25) is 0 Å². The zero-order valence-electron chi connectivity index (χ0n) is 13.7. The van der Waals surface area contributed by atoms with Crippen molar-refractivity contribution < 1.29 is 13.9 Å². The van der Waals surface area contributed by atoms with Gasteiger partial charge in [-0.2, -0.15) is 0 Å². The van der Waals surface area contributed by atoms with Crippen LogP contribution < -0.4 is 4.74 Å². The van der Waals surface area contributed by atoms with E-state index in [1.165, 1.54) is 6.08 Å². The van der Waals surface area contributed by atoms with E-state index in [9.17, 15) is 4.79 Å². The van der Waals surface area contributed by atoms with Crippen LogP contribution >= 0.6 is 15.9 Å². The highest BCUT2D eigenvalue weighted by Crippen LogP contribution is 2.25. The minimum Gasteiger partial charge on any atom is -0.484 e. The molecule has 0 fully saturated rings. The summed E-state index contributed by atoms with van der Waals surface area (Å²) in [6.07, 6.45) is 3.19. The van der Waals surface area contributed by atoms with Crippen LogP contribution in [0, 0.1) is 6.92 Å². The summed E-state index contributed by atoms with van der Waals surface area (Å²) in [5.41, 5.74) is 1.78. The summed E-state index contributed by atoms with van der Waals surface area (Å²) in [7, 11) is 0. The number of ketones is 1. The van der Waals surface area contributed by atoms with Crippen LogP contribution in [0.1, 0.15) is 27.4 Å². The smallest absolute Gasteiger partial charge is 0.185 e. The lowest BCUT2D eigenvalue weighted by Crippen LogP contribution is -1.94. The predicted octanol–water partition coefficient (Wildman–Crippen LogP) is 5.83. The molecular formula is C21H17BrO3. The number of para-hydroxylation sites is 1. The SMILES string of the molecule is Cc1ccc(C(=O)/C=C/c2ccc(COc3ccccc3Br)o2)cc1. The first-order chi connectivity index (χ1) is 12.1. The van der Waals surface area contributed by atoms with Crippen molar-refractivity contribution in [3.05, 3.63) is 93.9 Å². The Kier molecular flexibility index (Phi) is 5.51. The number of carbonyl (C=O) groups is 1. The average molecular weight is 397 g/mol. The van der Waals surface area contributed by atoms with Crippen molar-refractivity contribution >= 4 is 27.8 Å². The van der Waals surface area contributed by atoms with Crippen LogP contribution in [-0.4, -0.2) is 5.78 Å². The largest absolute Gasteiger partial charge is 0.484 e. The molecule has 0 radical (unpaired) electrons. The third-order valence-electron chi connectivity index (χ3n) is 3.62. The third-order valence-corrected chi connectivity index (χ3v) is 4.28. The van der Waals surface area contributed by atoms with Crippen molar-refractivity contribution in [3.8, 4) is 5.75 Å². The summed E-state index contributed by atoms with van der Waals surface area (Å²) >= 11 is 3.44. The monoisotopic (exact) mass is 396 g/mol. The molecule has 3 aromatic rings. The number of carbonyl (C=O) groups excluding carboxylic acids is 1. The highest BCUT2D eigenvalue weighted by atomic mass is 79.9. The molecule has 126 valence electrons. The van der Waals surface area contributed by atoms with Gasteiger partial charge in [-0.1, -0.05) is 42.0 Å². The van der Waals surface area contributed by atoms with Gasteiger partial charge in [-0.05, 0) is 59.3 Å². The second-order valence-corrected chi connectivity index (χ2v) is 6.44. The Bertz CT molecular complexity index is 892. The number of ether oxygens (including phenoxy) is 1. The maximum Gasteiger partial charge on any atom is 0.185 e. The standard InChI is InChI=1S/C21H17BrO3/c1-15-6-8-16(9-7-15)20(23)13-12-17-10-11-18(25-17)14-24-21-5-3-2-4-19(21)22/h2-13H,14H2,1H3/b13-12+. The highest BCUT2D eigenvalue weighted by molar-refractivity contribution is 9.10. The Morgan fingerprint density at radius 1 is 1.08 bits per heavy atom. The Morgan fingerprint density at radius 3 is 2.60 bits per heavy atom. The summed E-state index contributed by atoms with van der Waals surface area (Å²) in [6.45, 7) is 2.31. The van der Waals surface area contributed by atoms with Gasteiger partial charge in [0.1, 0.15) is 23.9 Å². The molecule has 0 atom stereocenters. The van der Waals surface area contributed by atoms with E-state index >= 15 is 0 Å². The lowest BCUT2D eigenvalue weighted by Gasteiger charge is -2.05. The van der Waals surface area contributed by atoms with Crippen molar-refractivity contribution in [1.29, 1.82) is 0 Å². The van der Waals surface area contributed by atoms with Gasteiger partial charge in [0, 0.05) is 5.56 Å². The van der Waals surface area contributed by atoms with E-state index in [4.69, 9.17) is 9.15 Å². The molecule has 0 aliphatic carbocycles. The Hall–Kier alpha value is -2.59. The summed E-state index contributed by atoms with van der Waals surface area (Å²) in [6, 6.07) is 18.8. The predicted molar refractivity (Wildman–Crippen MR) is 102 cm³/mol. The van der Waals surface area contributed by atoms with Crippen LogP contribution in [0.3, 0.4) is 0 Å². The zero-order valence-corrected chi connectivity index (χ0v) is 15.3. The van der Waals surface area contributed by atoms with E-state index in [0.717, 1.165) is 15.8 Å². The maximum absolute atomic E-state index is 12.1. The van der Waals surface area contributed by atoms with Crippen LogP contribution in [0.4, 0.5) is 0 Å². The molecule has 0 unspecified atom stereocenters. The number of furan rings is 1. The fourth-order valence-electron chi connectivity index (χ4n) is 2.24. The first-order valence-corrected chi connectivity index (χ1v) is 8.66. The van der Waals surface area contributed by atoms with Gasteiger partial charge in [-0.25, -0.2) is 0 Å². The third kappa shape index (κ3) is 4.70. The van der Waals surface area contributed by atoms with Gasteiger partial charge >= 0.3 is 0 Å². The average Bonchev–Trinajstić information content (AvgIpc) is 3.07. The van der Waals surface area contributed by atoms with Crippen molar-refractivity contribution in [1.82, 2.24) is 0 Å². The van der Waals surface area contributed by atoms with Gasteiger partial charge in [-0.15, -0.1) is 0 Å². The van der Waals surface area contributed by atoms with Crippen molar-refractivity contribution in [2.75, 3.05) is 0 Å². The zero-order chi connectivity index (χ0) is 17.6. The summed E-state index contributed by atoms with van der Waals surface area (Å²) in [5.74, 6) is 2.01. The van der Waals surface area contributed by atoms with Crippen LogP contribution in [-0.2, 0) is 6.61 Å². The summed E-state index contributed by atoms with van der Waals surface area (Å²) < 4.78 is 12.3. The number of hydrogen-bond donors (Lipinski definition) is 0. The highest BCUT2D eigenvalue weighted by Gasteiger charge is 2.05. The fourth-order valence-corrected chi connectivity index (χ4v) is 2.64. The lowest BCUT2D eigenvalue weighted by atomic mass is 10.1. The van der Waals surface area contributed by atoms with E-state index in [0.29, 0.717) is 23.7 Å². The number of rotatable bonds is 6. The fraction of sp³-hybridized carbons (Fsp3) is 0.0952. The van der Waals surface area contributed by atoms with E-state index in [2.05, 4.69) is 15.9 Å². The molecular weight excluding hydrogens is 380 g/mol. The molecule has 1 heterocycles.